The molecule has 0 saturated carbocycles. The number of rotatable bonds is 5. The molecule has 1 aromatic rings. The van der Waals surface area contributed by atoms with E-state index < -0.39 is 17.7 Å². The third kappa shape index (κ3) is 4.50. The van der Waals surface area contributed by atoms with E-state index in [4.69, 9.17) is 5.11 Å². The molecule has 0 aliphatic rings. The van der Waals surface area contributed by atoms with Crippen molar-refractivity contribution >= 4 is 17.7 Å². The Hall–Kier alpha value is -2.24. The van der Waals surface area contributed by atoms with Gasteiger partial charge in [0.05, 0.1) is 5.69 Å². The molecule has 6 nitrogen and oxygen atoms in total. The number of aromatic carboxylic acids is 1. The van der Waals surface area contributed by atoms with Crippen molar-refractivity contribution in [2.45, 2.75) is 20.3 Å². The molecule has 104 valence electrons. The SMILES string of the molecule is CC(C)CCNC(=O)Nc1cccc(C(=O)O)c1O. The summed E-state index contributed by atoms with van der Waals surface area (Å²) in [5, 5.41) is 23.6. The molecule has 0 aliphatic heterocycles. The number of carbonyl (C=O) groups is 2. The van der Waals surface area contributed by atoms with Crippen LogP contribution < -0.4 is 10.6 Å². The van der Waals surface area contributed by atoms with Gasteiger partial charge in [-0.05, 0) is 24.5 Å². The Balaban J connectivity index is 2.64. The number of phenols is 1. The molecule has 0 heterocycles. The molecule has 0 unspecified atom stereocenters. The van der Waals surface area contributed by atoms with E-state index in [-0.39, 0.29) is 11.3 Å². The Morgan fingerprint density at radius 3 is 2.58 bits per heavy atom. The molecule has 0 fully saturated rings. The van der Waals surface area contributed by atoms with Crippen LogP contribution in [0, 0.1) is 5.92 Å². The molecule has 4 N–H and O–H groups in total. The standard InChI is InChI=1S/C13H18N2O4/c1-8(2)6-7-14-13(19)15-10-5-3-4-9(11(10)16)12(17)18/h3-5,8,16H,6-7H2,1-2H3,(H,17,18)(H2,14,15,19). The number of benzene rings is 1. The second-order valence-corrected chi connectivity index (χ2v) is 4.57. The predicted octanol–water partition coefficient (Wildman–Crippen LogP) is 2.26. The first-order valence-electron chi connectivity index (χ1n) is 6.02. The van der Waals surface area contributed by atoms with Crippen LogP contribution in [-0.2, 0) is 0 Å². The van der Waals surface area contributed by atoms with Crippen LogP contribution in [0.1, 0.15) is 30.6 Å². The smallest absolute Gasteiger partial charge is 0.339 e. The number of anilines is 1. The van der Waals surface area contributed by atoms with Gasteiger partial charge in [-0.2, -0.15) is 0 Å². The first-order chi connectivity index (χ1) is 8.91. The van der Waals surface area contributed by atoms with Crippen LogP contribution in [-0.4, -0.2) is 28.8 Å². The molecule has 0 radical (unpaired) electrons. The van der Waals surface area contributed by atoms with Crippen molar-refractivity contribution < 1.29 is 19.8 Å². The van der Waals surface area contributed by atoms with Gasteiger partial charge in [0.2, 0.25) is 0 Å². The van der Waals surface area contributed by atoms with Gasteiger partial charge in [0.25, 0.3) is 0 Å². The fourth-order valence-electron chi connectivity index (χ4n) is 1.46. The number of nitrogens with one attached hydrogen (secondary N) is 2. The van der Waals surface area contributed by atoms with E-state index in [1.807, 2.05) is 13.8 Å². The van der Waals surface area contributed by atoms with Gasteiger partial charge in [-0.15, -0.1) is 0 Å². The van der Waals surface area contributed by atoms with Crippen LogP contribution in [0.4, 0.5) is 10.5 Å². The van der Waals surface area contributed by atoms with Crippen molar-refractivity contribution in [3.8, 4) is 5.75 Å². The highest BCUT2D eigenvalue weighted by Gasteiger charge is 2.14. The van der Waals surface area contributed by atoms with Crippen molar-refractivity contribution in [2.24, 2.45) is 5.92 Å². The third-order valence-electron chi connectivity index (χ3n) is 2.52. The summed E-state index contributed by atoms with van der Waals surface area (Å²) in [5.74, 6) is -1.22. The number of hydrogen-bond acceptors (Lipinski definition) is 3. The number of carbonyl (C=O) groups excluding carboxylic acids is 1. The van der Waals surface area contributed by atoms with Gasteiger partial charge >= 0.3 is 12.0 Å². The Morgan fingerprint density at radius 1 is 1.32 bits per heavy atom. The number of para-hydroxylation sites is 1. The lowest BCUT2D eigenvalue weighted by Crippen LogP contribution is -2.30. The van der Waals surface area contributed by atoms with Crippen LogP contribution in [0.25, 0.3) is 0 Å². The molecule has 0 saturated heterocycles. The lowest BCUT2D eigenvalue weighted by molar-refractivity contribution is 0.0693. The monoisotopic (exact) mass is 266 g/mol. The average Bonchev–Trinajstić information content (AvgIpc) is 2.31. The molecular formula is C13H18N2O4. The largest absolute Gasteiger partial charge is 0.505 e. The molecule has 0 atom stereocenters. The first kappa shape index (κ1) is 14.8. The number of aromatic hydroxyl groups is 1. The van der Waals surface area contributed by atoms with Crippen molar-refractivity contribution in [2.75, 3.05) is 11.9 Å². The second kappa shape index (κ2) is 6.63. The summed E-state index contributed by atoms with van der Waals surface area (Å²) in [6, 6.07) is 3.68. The Morgan fingerprint density at radius 2 is 2.00 bits per heavy atom. The van der Waals surface area contributed by atoms with E-state index in [1.54, 1.807) is 0 Å². The lowest BCUT2D eigenvalue weighted by atomic mass is 10.1. The molecule has 0 spiro atoms. The maximum atomic E-state index is 11.5. The molecule has 1 rings (SSSR count). The maximum absolute atomic E-state index is 11.5. The summed E-state index contributed by atoms with van der Waals surface area (Å²) in [4.78, 5) is 22.4. The van der Waals surface area contributed by atoms with Gasteiger partial charge in [0.1, 0.15) is 5.56 Å². The van der Waals surface area contributed by atoms with Gasteiger partial charge in [-0.3, -0.25) is 0 Å². The highest BCUT2D eigenvalue weighted by Crippen LogP contribution is 2.27. The van der Waals surface area contributed by atoms with E-state index in [9.17, 15) is 14.7 Å². The molecular weight excluding hydrogens is 248 g/mol. The Kier molecular flexibility index (Phi) is 5.17. The summed E-state index contributed by atoms with van der Waals surface area (Å²) >= 11 is 0. The van der Waals surface area contributed by atoms with E-state index in [2.05, 4.69) is 10.6 Å². The summed E-state index contributed by atoms with van der Waals surface area (Å²) in [5.41, 5.74) is -0.179. The highest BCUT2D eigenvalue weighted by molar-refractivity contribution is 5.97. The van der Waals surface area contributed by atoms with Crippen LogP contribution in [0.2, 0.25) is 0 Å². The molecule has 1 aromatic carbocycles. The van der Waals surface area contributed by atoms with Gasteiger partial charge in [-0.25, -0.2) is 9.59 Å². The molecule has 0 aromatic heterocycles. The van der Waals surface area contributed by atoms with E-state index in [1.165, 1.54) is 18.2 Å². The van der Waals surface area contributed by atoms with Gasteiger partial charge in [-0.1, -0.05) is 19.9 Å². The summed E-state index contributed by atoms with van der Waals surface area (Å²) in [7, 11) is 0. The van der Waals surface area contributed by atoms with Crippen molar-refractivity contribution in [1.82, 2.24) is 5.32 Å². The van der Waals surface area contributed by atoms with Crippen molar-refractivity contribution in [3.63, 3.8) is 0 Å². The molecule has 19 heavy (non-hydrogen) atoms. The topological polar surface area (TPSA) is 98.7 Å². The zero-order valence-corrected chi connectivity index (χ0v) is 10.9. The number of urea groups is 1. The van der Waals surface area contributed by atoms with Crippen LogP contribution in [0.15, 0.2) is 18.2 Å². The summed E-state index contributed by atoms with van der Waals surface area (Å²) < 4.78 is 0. The maximum Gasteiger partial charge on any atom is 0.339 e. The van der Waals surface area contributed by atoms with Gasteiger partial charge in [0, 0.05) is 6.54 Å². The number of hydrogen-bond donors (Lipinski definition) is 4. The minimum atomic E-state index is -1.25. The predicted molar refractivity (Wildman–Crippen MR) is 71.5 cm³/mol. The van der Waals surface area contributed by atoms with E-state index in [0.29, 0.717) is 12.5 Å². The number of carboxylic acids is 1. The Labute approximate surface area is 111 Å². The minimum Gasteiger partial charge on any atom is -0.505 e. The molecule has 6 heteroatoms. The summed E-state index contributed by atoms with van der Waals surface area (Å²) in [6.07, 6.45) is 0.842. The van der Waals surface area contributed by atoms with Crippen LogP contribution >= 0.6 is 0 Å². The normalized spacial score (nSPS) is 10.3. The summed E-state index contributed by atoms with van der Waals surface area (Å²) in [6.45, 7) is 4.60. The van der Waals surface area contributed by atoms with E-state index in [0.717, 1.165) is 6.42 Å². The number of amides is 2. The second-order valence-electron chi connectivity index (χ2n) is 4.57. The molecule has 0 aliphatic carbocycles. The zero-order valence-electron chi connectivity index (χ0n) is 10.9. The first-order valence-corrected chi connectivity index (χ1v) is 6.02. The minimum absolute atomic E-state index is 0.0712. The van der Waals surface area contributed by atoms with Crippen LogP contribution in [0.5, 0.6) is 5.75 Å². The lowest BCUT2D eigenvalue weighted by Gasteiger charge is -2.11. The zero-order chi connectivity index (χ0) is 14.4. The van der Waals surface area contributed by atoms with Gasteiger partial charge in [0.15, 0.2) is 5.75 Å². The fraction of sp³-hybridized carbons (Fsp3) is 0.385. The van der Waals surface area contributed by atoms with Gasteiger partial charge < -0.3 is 20.8 Å². The fourth-order valence-corrected chi connectivity index (χ4v) is 1.46. The van der Waals surface area contributed by atoms with E-state index >= 15 is 0 Å². The molecule has 2 amide bonds. The van der Waals surface area contributed by atoms with Crippen LogP contribution in [0.3, 0.4) is 0 Å². The third-order valence-corrected chi connectivity index (χ3v) is 2.52. The Bertz CT molecular complexity index is 472. The number of carboxylic acid groups (broad SMARTS) is 1. The molecule has 0 bridgehead atoms. The van der Waals surface area contributed by atoms with Crippen molar-refractivity contribution in [1.29, 1.82) is 0 Å². The highest BCUT2D eigenvalue weighted by atomic mass is 16.4. The van der Waals surface area contributed by atoms with Crippen molar-refractivity contribution in [3.05, 3.63) is 23.8 Å². The quantitative estimate of drug-likeness (QED) is 0.614. The average molecular weight is 266 g/mol.